The zero-order valence-corrected chi connectivity index (χ0v) is 14.6. The van der Waals surface area contributed by atoms with Crippen LogP contribution in [0.5, 0.6) is 0 Å². The fourth-order valence-electron chi connectivity index (χ4n) is 3.50. The maximum Gasteiger partial charge on any atom is 0.221 e. The van der Waals surface area contributed by atoms with Gasteiger partial charge >= 0.3 is 0 Å². The highest BCUT2D eigenvalue weighted by molar-refractivity contribution is 5.87. The third-order valence-corrected chi connectivity index (χ3v) is 5.10. The van der Waals surface area contributed by atoms with E-state index in [-0.39, 0.29) is 5.91 Å². The van der Waals surface area contributed by atoms with E-state index < -0.39 is 0 Å². The molecule has 2 aromatic heterocycles. The minimum atomic E-state index is 0.100. The lowest BCUT2D eigenvalue weighted by molar-refractivity contribution is -0.121. The van der Waals surface area contributed by atoms with Gasteiger partial charge in [-0.15, -0.1) is 0 Å². The van der Waals surface area contributed by atoms with Gasteiger partial charge in [-0.05, 0) is 24.9 Å². The lowest BCUT2D eigenvalue weighted by atomic mass is 9.92. The second-order valence-electron chi connectivity index (χ2n) is 6.61. The normalized spacial score (nSPS) is 21.8. The predicted octanol–water partition coefficient (Wildman–Crippen LogP) is 1.24. The van der Waals surface area contributed by atoms with Gasteiger partial charge in [0.1, 0.15) is 17.8 Å². The number of aromatic amines is 1. The molecule has 1 aliphatic heterocycles. The van der Waals surface area contributed by atoms with Crippen molar-refractivity contribution in [1.29, 1.82) is 0 Å². The van der Waals surface area contributed by atoms with Gasteiger partial charge in [0.25, 0.3) is 0 Å². The Kier molecular flexibility index (Phi) is 4.99. The van der Waals surface area contributed by atoms with E-state index in [2.05, 4.69) is 44.0 Å². The number of amides is 1. The van der Waals surface area contributed by atoms with Crippen molar-refractivity contribution < 1.29 is 4.79 Å². The van der Waals surface area contributed by atoms with Crippen LogP contribution in [0.25, 0.3) is 11.0 Å². The molecule has 24 heavy (non-hydrogen) atoms. The van der Waals surface area contributed by atoms with Crippen molar-refractivity contribution in [3.8, 4) is 0 Å². The standard InChI is InChI=1S/C17H26N6O/c1-12-5-8-23(9-6-15(24)18-2)10-14(12)22(3)17-13-4-7-19-16(13)20-11-21-17/h4,7,11-12,14H,5-6,8-10H2,1-3H3,(H,18,24)(H,19,20,21). The lowest BCUT2D eigenvalue weighted by Crippen LogP contribution is -2.51. The quantitative estimate of drug-likeness (QED) is 0.862. The van der Waals surface area contributed by atoms with Crippen molar-refractivity contribution in [1.82, 2.24) is 25.2 Å². The summed E-state index contributed by atoms with van der Waals surface area (Å²) in [6.07, 6.45) is 5.19. The maximum absolute atomic E-state index is 11.5. The van der Waals surface area contributed by atoms with E-state index in [1.807, 2.05) is 12.3 Å². The van der Waals surface area contributed by atoms with Crippen LogP contribution in [-0.2, 0) is 4.79 Å². The SMILES string of the molecule is CNC(=O)CCN1CCC(C)C(N(C)c2ncnc3[nH]ccc23)C1. The molecule has 0 radical (unpaired) electrons. The number of rotatable bonds is 5. The molecule has 7 heteroatoms. The summed E-state index contributed by atoms with van der Waals surface area (Å²) in [4.78, 5) is 28.1. The summed E-state index contributed by atoms with van der Waals surface area (Å²) in [5, 5.41) is 3.74. The Bertz CT molecular complexity index is 699. The molecule has 0 spiro atoms. The number of hydrogen-bond acceptors (Lipinski definition) is 5. The van der Waals surface area contributed by atoms with Crippen LogP contribution in [0.1, 0.15) is 19.8 Å². The molecule has 0 aromatic carbocycles. The Hall–Kier alpha value is -2.15. The molecule has 2 N–H and O–H groups in total. The van der Waals surface area contributed by atoms with Crippen LogP contribution < -0.4 is 10.2 Å². The van der Waals surface area contributed by atoms with Gasteiger partial charge in [0.05, 0.1) is 5.39 Å². The van der Waals surface area contributed by atoms with Crippen LogP contribution in [-0.4, -0.2) is 65.5 Å². The van der Waals surface area contributed by atoms with E-state index >= 15 is 0 Å². The van der Waals surface area contributed by atoms with Crippen molar-refractivity contribution in [3.63, 3.8) is 0 Å². The summed E-state index contributed by atoms with van der Waals surface area (Å²) in [5.41, 5.74) is 0.867. The summed E-state index contributed by atoms with van der Waals surface area (Å²) in [5.74, 6) is 1.64. The van der Waals surface area contributed by atoms with Crippen LogP contribution in [0.15, 0.2) is 18.6 Å². The molecule has 1 amide bonds. The summed E-state index contributed by atoms with van der Waals surface area (Å²) in [6, 6.07) is 2.40. The van der Waals surface area contributed by atoms with E-state index in [0.29, 0.717) is 18.4 Å². The van der Waals surface area contributed by atoms with Gasteiger partial charge in [0, 0.05) is 45.8 Å². The number of likely N-dealkylation sites (N-methyl/N-ethyl adjacent to an activating group) is 1. The number of nitrogens with zero attached hydrogens (tertiary/aromatic N) is 4. The molecule has 130 valence electrons. The second kappa shape index (κ2) is 7.17. The average molecular weight is 330 g/mol. The predicted molar refractivity (Wildman–Crippen MR) is 95.0 cm³/mol. The molecular weight excluding hydrogens is 304 g/mol. The lowest BCUT2D eigenvalue weighted by Gasteiger charge is -2.42. The highest BCUT2D eigenvalue weighted by atomic mass is 16.1. The molecule has 1 aliphatic rings. The van der Waals surface area contributed by atoms with Crippen LogP contribution in [0.3, 0.4) is 0 Å². The first kappa shape index (κ1) is 16.7. The molecule has 3 heterocycles. The van der Waals surface area contributed by atoms with E-state index in [0.717, 1.165) is 42.9 Å². The first-order valence-corrected chi connectivity index (χ1v) is 8.54. The Morgan fingerprint density at radius 2 is 2.33 bits per heavy atom. The Labute approximate surface area is 142 Å². The molecule has 1 fully saturated rings. The number of hydrogen-bond donors (Lipinski definition) is 2. The number of nitrogens with one attached hydrogen (secondary N) is 2. The summed E-state index contributed by atoms with van der Waals surface area (Å²) in [7, 11) is 3.80. The monoisotopic (exact) mass is 330 g/mol. The molecule has 0 bridgehead atoms. The molecule has 0 aliphatic carbocycles. The molecule has 0 saturated carbocycles. The first-order chi connectivity index (χ1) is 11.6. The second-order valence-corrected chi connectivity index (χ2v) is 6.61. The van der Waals surface area contributed by atoms with Crippen LogP contribution >= 0.6 is 0 Å². The van der Waals surface area contributed by atoms with Gasteiger partial charge in [0.15, 0.2) is 0 Å². The average Bonchev–Trinajstić information content (AvgIpc) is 3.08. The highest BCUT2D eigenvalue weighted by Crippen LogP contribution is 2.28. The zero-order chi connectivity index (χ0) is 17.1. The van der Waals surface area contributed by atoms with Gasteiger partial charge in [0.2, 0.25) is 5.91 Å². The van der Waals surface area contributed by atoms with Crippen molar-refractivity contribution in [2.24, 2.45) is 5.92 Å². The van der Waals surface area contributed by atoms with Gasteiger partial charge < -0.3 is 20.1 Å². The van der Waals surface area contributed by atoms with Crippen LogP contribution in [0.2, 0.25) is 0 Å². The molecule has 1 saturated heterocycles. The highest BCUT2D eigenvalue weighted by Gasteiger charge is 2.30. The largest absolute Gasteiger partial charge is 0.359 e. The van der Waals surface area contributed by atoms with Crippen molar-refractivity contribution in [2.45, 2.75) is 25.8 Å². The molecule has 7 nitrogen and oxygen atoms in total. The van der Waals surface area contributed by atoms with Gasteiger partial charge in [-0.2, -0.15) is 0 Å². The number of carbonyl (C=O) groups is 1. The van der Waals surface area contributed by atoms with Crippen molar-refractivity contribution in [3.05, 3.63) is 18.6 Å². The number of carbonyl (C=O) groups excluding carboxylic acids is 1. The number of piperidine rings is 1. The maximum atomic E-state index is 11.5. The minimum Gasteiger partial charge on any atom is -0.359 e. The molecule has 2 atom stereocenters. The van der Waals surface area contributed by atoms with Crippen molar-refractivity contribution in [2.75, 3.05) is 38.6 Å². The zero-order valence-electron chi connectivity index (χ0n) is 14.6. The van der Waals surface area contributed by atoms with Crippen LogP contribution in [0, 0.1) is 5.92 Å². The molecule has 2 unspecified atom stereocenters. The Morgan fingerprint density at radius 1 is 1.50 bits per heavy atom. The Morgan fingerprint density at radius 3 is 3.12 bits per heavy atom. The summed E-state index contributed by atoms with van der Waals surface area (Å²) in [6.45, 7) is 5.10. The molecule has 2 aromatic rings. The number of likely N-dealkylation sites (tertiary alicyclic amines) is 1. The summed E-state index contributed by atoms with van der Waals surface area (Å²) < 4.78 is 0. The minimum absolute atomic E-state index is 0.100. The Balaban J connectivity index is 1.74. The van der Waals surface area contributed by atoms with Crippen LogP contribution in [0.4, 0.5) is 5.82 Å². The number of H-pyrrole nitrogens is 1. The third-order valence-electron chi connectivity index (χ3n) is 5.10. The summed E-state index contributed by atoms with van der Waals surface area (Å²) >= 11 is 0. The van der Waals surface area contributed by atoms with Gasteiger partial charge in [-0.3, -0.25) is 4.79 Å². The number of anilines is 1. The van der Waals surface area contributed by atoms with E-state index in [1.54, 1.807) is 13.4 Å². The molecular formula is C17H26N6O. The number of fused-ring (bicyclic) bond motifs is 1. The first-order valence-electron chi connectivity index (χ1n) is 8.54. The van der Waals surface area contributed by atoms with Gasteiger partial charge in [-0.1, -0.05) is 6.92 Å². The van der Waals surface area contributed by atoms with E-state index in [4.69, 9.17) is 0 Å². The van der Waals surface area contributed by atoms with E-state index in [9.17, 15) is 4.79 Å². The fraction of sp³-hybridized carbons (Fsp3) is 0.588. The number of aromatic nitrogens is 3. The smallest absolute Gasteiger partial charge is 0.221 e. The fourth-order valence-corrected chi connectivity index (χ4v) is 3.50. The topological polar surface area (TPSA) is 77.2 Å². The molecule has 3 rings (SSSR count). The van der Waals surface area contributed by atoms with Crippen molar-refractivity contribution >= 4 is 22.8 Å². The van der Waals surface area contributed by atoms with Gasteiger partial charge in [-0.25, -0.2) is 9.97 Å². The van der Waals surface area contributed by atoms with E-state index in [1.165, 1.54) is 0 Å². The third kappa shape index (κ3) is 3.36.